The first-order valence-corrected chi connectivity index (χ1v) is 6.90. The van der Waals surface area contributed by atoms with Gasteiger partial charge in [0, 0.05) is 12.8 Å². The lowest BCUT2D eigenvalue weighted by atomic mass is 10.0. The van der Waals surface area contributed by atoms with E-state index in [1.165, 1.54) is 7.11 Å². The number of carbonyl (C=O) groups is 2. The number of esters is 2. The molecule has 0 spiro atoms. The summed E-state index contributed by atoms with van der Waals surface area (Å²) in [5.74, 6) is -0.362. The van der Waals surface area contributed by atoms with E-state index in [0.29, 0.717) is 19.3 Å². The van der Waals surface area contributed by atoms with Crippen LogP contribution in [-0.2, 0) is 19.1 Å². The van der Waals surface area contributed by atoms with Crippen molar-refractivity contribution >= 4 is 11.9 Å². The molecule has 4 nitrogen and oxygen atoms in total. The zero-order valence-electron chi connectivity index (χ0n) is 11.9. The maximum absolute atomic E-state index is 11.3. The lowest BCUT2D eigenvalue weighted by Crippen LogP contribution is -2.18. The third-order valence-electron chi connectivity index (χ3n) is 2.85. The summed E-state index contributed by atoms with van der Waals surface area (Å²) in [4.78, 5) is 22.3. The highest BCUT2D eigenvalue weighted by Crippen LogP contribution is 2.14. The number of methoxy groups -OCH3 is 1. The van der Waals surface area contributed by atoms with Crippen molar-refractivity contribution in [1.82, 2.24) is 0 Å². The Bertz CT molecular complexity index is 238. The first-order valence-electron chi connectivity index (χ1n) is 6.90. The van der Waals surface area contributed by atoms with Gasteiger partial charge in [-0.15, -0.1) is 0 Å². The minimum atomic E-state index is -0.205. The van der Waals surface area contributed by atoms with E-state index in [2.05, 4.69) is 11.7 Å². The first-order chi connectivity index (χ1) is 8.63. The van der Waals surface area contributed by atoms with Crippen LogP contribution in [0.3, 0.4) is 0 Å². The molecule has 1 atom stereocenters. The molecule has 0 aliphatic carbocycles. The van der Waals surface area contributed by atoms with Crippen LogP contribution in [0.4, 0.5) is 0 Å². The Morgan fingerprint density at radius 3 is 2.22 bits per heavy atom. The number of hydrogen-bond acceptors (Lipinski definition) is 4. The van der Waals surface area contributed by atoms with Gasteiger partial charge in [-0.2, -0.15) is 0 Å². The van der Waals surface area contributed by atoms with Crippen LogP contribution in [0, 0.1) is 0 Å². The van der Waals surface area contributed by atoms with Crippen LogP contribution in [-0.4, -0.2) is 25.2 Å². The Balaban J connectivity index is 3.95. The van der Waals surface area contributed by atoms with Gasteiger partial charge in [0.2, 0.25) is 0 Å². The van der Waals surface area contributed by atoms with Crippen LogP contribution in [0.5, 0.6) is 0 Å². The molecule has 0 saturated heterocycles. The van der Waals surface area contributed by atoms with Gasteiger partial charge in [-0.25, -0.2) is 0 Å². The predicted molar refractivity (Wildman–Crippen MR) is 70.2 cm³/mol. The second kappa shape index (κ2) is 11.1. The zero-order chi connectivity index (χ0) is 13.8. The van der Waals surface area contributed by atoms with Gasteiger partial charge in [0.05, 0.1) is 7.11 Å². The molecule has 0 aliphatic heterocycles. The summed E-state index contributed by atoms with van der Waals surface area (Å²) in [5, 5.41) is 0. The second-order valence-electron chi connectivity index (χ2n) is 4.43. The molecule has 18 heavy (non-hydrogen) atoms. The molecule has 1 unspecified atom stereocenters. The van der Waals surface area contributed by atoms with Gasteiger partial charge >= 0.3 is 11.9 Å². The lowest BCUT2D eigenvalue weighted by molar-refractivity contribution is -0.149. The molecule has 0 heterocycles. The van der Waals surface area contributed by atoms with Crippen LogP contribution < -0.4 is 0 Å². The Hall–Kier alpha value is -1.06. The molecule has 0 fully saturated rings. The number of carbonyl (C=O) groups excluding carboxylic acids is 2. The van der Waals surface area contributed by atoms with Crippen molar-refractivity contribution in [3.05, 3.63) is 0 Å². The van der Waals surface area contributed by atoms with Gasteiger partial charge in [0.15, 0.2) is 0 Å². The molecule has 0 rings (SSSR count). The van der Waals surface area contributed by atoms with Crippen molar-refractivity contribution < 1.29 is 19.1 Å². The van der Waals surface area contributed by atoms with E-state index in [0.717, 1.165) is 32.1 Å². The maximum atomic E-state index is 11.3. The van der Waals surface area contributed by atoms with Crippen molar-refractivity contribution in [1.29, 1.82) is 0 Å². The first kappa shape index (κ1) is 16.9. The topological polar surface area (TPSA) is 52.6 Å². The van der Waals surface area contributed by atoms with Crippen molar-refractivity contribution in [3.63, 3.8) is 0 Å². The molecule has 0 aromatic rings. The van der Waals surface area contributed by atoms with E-state index in [1.54, 1.807) is 6.92 Å². The van der Waals surface area contributed by atoms with E-state index in [-0.39, 0.29) is 18.0 Å². The highest BCUT2D eigenvalue weighted by molar-refractivity contribution is 5.69. The fourth-order valence-electron chi connectivity index (χ4n) is 1.73. The van der Waals surface area contributed by atoms with Crippen molar-refractivity contribution in [3.8, 4) is 0 Å². The Morgan fingerprint density at radius 1 is 1.00 bits per heavy atom. The van der Waals surface area contributed by atoms with Crippen LogP contribution in [0.2, 0.25) is 0 Å². The highest BCUT2D eigenvalue weighted by atomic mass is 16.5. The smallest absolute Gasteiger partial charge is 0.305 e. The third kappa shape index (κ3) is 9.02. The molecule has 0 amide bonds. The van der Waals surface area contributed by atoms with Gasteiger partial charge in [0.1, 0.15) is 6.10 Å². The van der Waals surface area contributed by atoms with Crippen LogP contribution in [0.25, 0.3) is 0 Å². The molecule has 0 aliphatic rings. The number of rotatable bonds is 10. The molecule has 0 radical (unpaired) electrons. The van der Waals surface area contributed by atoms with E-state index in [4.69, 9.17) is 4.74 Å². The van der Waals surface area contributed by atoms with Gasteiger partial charge in [0.25, 0.3) is 0 Å². The molecular weight excluding hydrogens is 232 g/mol. The summed E-state index contributed by atoms with van der Waals surface area (Å²) >= 11 is 0. The fraction of sp³-hybridized carbons (Fsp3) is 0.857. The summed E-state index contributed by atoms with van der Waals surface area (Å²) in [6, 6.07) is 0. The molecule has 0 aromatic heterocycles. The molecule has 0 bridgehead atoms. The summed E-state index contributed by atoms with van der Waals surface area (Å²) < 4.78 is 9.96. The monoisotopic (exact) mass is 258 g/mol. The number of hydrogen-bond donors (Lipinski definition) is 0. The largest absolute Gasteiger partial charge is 0.469 e. The minimum Gasteiger partial charge on any atom is -0.469 e. The summed E-state index contributed by atoms with van der Waals surface area (Å²) in [5.41, 5.74) is 0. The van der Waals surface area contributed by atoms with Crippen molar-refractivity contribution in [2.45, 2.75) is 71.3 Å². The van der Waals surface area contributed by atoms with Gasteiger partial charge in [-0.1, -0.05) is 26.7 Å². The molecule has 0 aromatic carbocycles. The second-order valence-corrected chi connectivity index (χ2v) is 4.43. The van der Waals surface area contributed by atoms with Gasteiger partial charge in [-0.05, 0) is 25.7 Å². The van der Waals surface area contributed by atoms with Crippen molar-refractivity contribution in [2.24, 2.45) is 0 Å². The number of unbranched alkanes of at least 4 members (excludes halogenated alkanes) is 2. The van der Waals surface area contributed by atoms with E-state index >= 15 is 0 Å². The predicted octanol–water partition coefficient (Wildman–Crippen LogP) is 3.23. The standard InChI is InChI=1S/C14H26O4/c1-4-6-7-9-12(18-13(15)5-2)10-8-11-14(16)17-3/h12H,4-11H2,1-3H3. The Labute approximate surface area is 110 Å². The van der Waals surface area contributed by atoms with Gasteiger partial charge < -0.3 is 9.47 Å². The van der Waals surface area contributed by atoms with Crippen LogP contribution in [0.15, 0.2) is 0 Å². The quantitative estimate of drug-likeness (QED) is 0.446. The lowest BCUT2D eigenvalue weighted by Gasteiger charge is -2.17. The minimum absolute atomic E-state index is 0.0475. The average molecular weight is 258 g/mol. The Morgan fingerprint density at radius 2 is 1.67 bits per heavy atom. The molecule has 4 heteroatoms. The summed E-state index contributed by atoms with van der Waals surface area (Å²) in [7, 11) is 1.39. The van der Waals surface area contributed by atoms with Crippen molar-refractivity contribution in [2.75, 3.05) is 7.11 Å². The van der Waals surface area contributed by atoms with E-state index in [9.17, 15) is 9.59 Å². The molecule has 106 valence electrons. The maximum Gasteiger partial charge on any atom is 0.305 e. The normalized spacial score (nSPS) is 11.9. The molecule has 0 N–H and O–H groups in total. The van der Waals surface area contributed by atoms with E-state index in [1.807, 2.05) is 0 Å². The molecular formula is C14H26O4. The third-order valence-corrected chi connectivity index (χ3v) is 2.85. The zero-order valence-corrected chi connectivity index (χ0v) is 11.9. The van der Waals surface area contributed by atoms with Crippen LogP contribution in [0.1, 0.15) is 65.2 Å². The average Bonchev–Trinajstić information content (AvgIpc) is 2.38. The summed E-state index contributed by atoms with van der Waals surface area (Å²) in [6.45, 7) is 3.93. The number of ether oxygens (including phenoxy) is 2. The fourth-order valence-corrected chi connectivity index (χ4v) is 1.73. The summed E-state index contributed by atoms with van der Waals surface area (Å²) in [6.07, 6.45) is 6.45. The Kier molecular flexibility index (Phi) is 10.4. The molecule has 0 saturated carbocycles. The SMILES string of the molecule is CCCCCC(CCCC(=O)OC)OC(=O)CC. The van der Waals surface area contributed by atoms with E-state index < -0.39 is 0 Å². The van der Waals surface area contributed by atoms with Gasteiger partial charge in [-0.3, -0.25) is 9.59 Å². The van der Waals surface area contributed by atoms with Crippen LogP contribution >= 0.6 is 0 Å². The highest BCUT2D eigenvalue weighted by Gasteiger charge is 2.13.